The molecule has 0 N–H and O–H groups in total. The molecule has 0 unspecified atom stereocenters. The highest BCUT2D eigenvalue weighted by atomic mass is 32.2. The summed E-state index contributed by atoms with van der Waals surface area (Å²) in [6.45, 7) is 3.31. The van der Waals surface area contributed by atoms with E-state index < -0.39 is 10.0 Å². The Morgan fingerprint density at radius 2 is 1.58 bits per heavy atom. The van der Waals surface area contributed by atoms with E-state index >= 15 is 0 Å². The monoisotopic (exact) mass is 504 g/mol. The molecule has 0 radical (unpaired) electrons. The molecular formula is C28H32N4O3S. The molecule has 0 saturated carbocycles. The Hall–Kier alpha value is -3.23. The summed E-state index contributed by atoms with van der Waals surface area (Å²) in [7, 11) is -3.41. The van der Waals surface area contributed by atoms with Gasteiger partial charge in [0.2, 0.25) is 15.9 Å². The van der Waals surface area contributed by atoms with Crippen LogP contribution in [0.3, 0.4) is 0 Å². The van der Waals surface area contributed by atoms with E-state index in [1.807, 2.05) is 47.4 Å². The van der Waals surface area contributed by atoms with Gasteiger partial charge in [-0.25, -0.2) is 8.42 Å². The number of anilines is 1. The summed E-state index contributed by atoms with van der Waals surface area (Å²) in [5.74, 6) is 0.134. The van der Waals surface area contributed by atoms with E-state index in [1.165, 1.54) is 4.31 Å². The molecule has 3 heterocycles. The summed E-state index contributed by atoms with van der Waals surface area (Å²) in [5, 5.41) is 2.29. The van der Waals surface area contributed by atoms with E-state index in [0.29, 0.717) is 26.2 Å². The minimum atomic E-state index is -3.41. The molecule has 0 spiro atoms. The van der Waals surface area contributed by atoms with Gasteiger partial charge in [0, 0.05) is 63.3 Å². The zero-order chi connectivity index (χ0) is 25.0. The number of nitrogens with zero attached hydrogens (tertiary/aromatic N) is 4. The molecule has 2 saturated heterocycles. The number of sulfonamides is 1. The smallest absolute Gasteiger partial charge is 0.225 e. The number of aromatic nitrogens is 1. The highest BCUT2D eigenvalue weighted by Gasteiger charge is 2.33. The quantitative estimate of drug-likeness (QED) is 0.513. The van der Waals surface area contributed by atoms with Crippen molar-refractivity contribution in [2.75, 3.05) is 49.9 Å². The van der Waals surface area contributed by atoms with Gasteiger partial charge in [0.15, 0.2) is 0 Å². The third-order valence-electron chi connectivity index (χ3n) is 7.21. The second-order valence-electron chi connectivity index (χ2n) is 9.48. The Morgan fingerprint density at radius 3 is 2.31 bits per heavy atom. The minimum absolute atomic E-state index is 0.0103. The first-order valence-corrected chi connectivity index (χ1v) is 14.2. The minimum Gasteiger partial charge on any atom is -0.371 e. The van der Waals surface area contributed by atoms with Gasteiger partial charge in [-0.1, -0.05) is 48.6 Å². The van der Waals surface area contributed by atoms with Crippen molar-refractivity contribution in [2.24, 2.45) is 5.92 Å². The number of carbonyl (C=O) groups is 1. The highest BCUT2D eigenvalue weighted by Crippen LogP contribution is 2.25. The van der Waals surface area contributed by atoms with Gasteiger partial charge in [-0.3, -0.25) is 9.78 Å². The van der Waals surface area contributed by atoms with Crippen LogP contribution < -0.4 is 4.90 Å². The highest BCUT2D eigenvalue weighted by molar-refractivity contribution is 7.89. The number of piperazine rings is 1. The van der Waals surface area contributed by atoms with E-state index in [1.54, 1.807) is 18.5 Å². The Kier molecular flexibility index (Phi) is 7.34. The topological polar surface area (TPSA) is 73.8 Å². The Labute approximate surface area is 213 Å². The predicted octanol–water partition coefficient (Wildman–Crippen LogP) is 3.64. The van der Waals surface area contributed by atoms with Crippen molar-refractivity contribution < 1.29 is 13.2 Å². The fourth-order valence-corrected chi connectivity index (χ4v) is 6.38. The first-order chi connectivity index (χ1) is 17.5. The number of benzene rings is 2. The first-order valence-electron chi connectivity index (χ1n) is 12.6. The SMILES string of the molecule is O=C(C1CCN(c2ccncc2)CC1)N1CCN(S(=O)(=O)CC=Cc2ccc3ccccc3c2)CC1. The zero-order valence-electron chi connectivity index (χ0n) is 20.4. The standard InChI is InChI=1S/C28H32N4O3S/c33-28(25-11-15-30(16-12-25)27-9-13-29-14-10-27)31-17-19-32(20-18-31)36(34,35)21-3-4-23-7-8-24-5-1-2-6-26(24)22-23/h1-10,13-14,22,25H,11-12,15-21H2. The number of hydrogen-bond acceptors (Lipinski definition) is 5. The van der Waals surface area contributed by atoms with E-state index in [0.717, 1.165) is 48.0 Å². The average Bonchev–Trinajstić information content (AvgIpc) is 2.93. The summed E-state index contributed by atoms with van der Waals surface area (Å²) >= 11 is 0. The second-order valence-corrected chi connectivity index (χ2v) is 11.5. The van der Waals surface area contributed by atoms with Crippen LogP contribution in [-0.2, 0) is 14.8 Å². The lowest BCUT2D eigenvalue weighted by Crippen LogP contribution is -2.53. The van der Waals surface area contributed by atoms with Crippen molar-refractivity contribution in [2.45, 2.75) is 12.8 Å². The molecule has 2 aliphatic rings. The van der Waals surface area contributed by atoms with Gasteiger partial charge in [0.05, 0.1) is 5.75 Å². The van der Waals surface area contributed by atoms with Crippen molar-refractivity contribution in [3.05, 3.63) is 78.6 Å². The van der Waals surface area contributed by atoms with Crippen molar-refractivity contribution in [3.8, 4) is 0 Å². The molecule has 0 bridgehead atoms. The van der Waals surface area contributed by atoms with Gasteiger partial charge in [0.25, 0.3) is 0 Å². The van der Waals surface area contributed by atoms with E-state index in [9.17, 15) is 13.2 Å². The van der Waals surface area contributed by atoms with Crippen LogP contribution in [0, 0.1) is 5.92 Å². The maximum absolute atomic E-state index is 13.1. The molecule has 2 aromatic carbocycles. The molecule has 3 aromatic rings. The first kappa shape index (κ1) is 24.5. The van der Waals surface area contributed by atoms with Gasteiger partial charge in [0.1, 0.15) is 0 Å². The van der Waals surface area contributed by atoms with Crippen molar-refractivity contribution >= 4 is 38.5 Å². The maximum atomic E-state index is 13.1. The Morgan fingerprint density at radius 1 is 0.889 bits per heavy atom. The summed E-state index contributed by atoms with van der Waals surface area (Å²) < 4.78 is 27.3. The van der Waals surface area contributed by atoms with Gasteiger partial charge in [-0.05, 0) is 47.4 Å². The zero-order valence-corrected chi connectivity index (χ0v) is 21.2. The normalized spacial score (nSPS) is 18.2. The molecular weight excluding hydrogens is 472 g/mol. The van der Waals surface area contributed by atoms with Crippen molar-refractivity contribution in [1.82, 2.24) is 14.2 Å². The number of carbonyl (C=O) groups excluding carboxylic acids is 1. The molecule has 188 valence electrons. The molecule has 2 aliphatic heterocycles. The lowest BCUT2D eigenvalue weighted by Gasteiger charge is -2.38. The van der Waals surface area contributed by atoms with Crippen LogP contribution in [0.15, 0.2) is 73.1 Å². The summed E-state index contributed by atoms with van der Waals surface area (Å²) in [4.78, 5) is 21.3. The second kappa shape index (κ2) is 10.8. The van der Waals surface area contributed by atoms with E-state index in [2.05, 4.69) is 28.1 Å². The van der Waals surface area contributed by atoms with Crippen LogP contribution in [0.5, 0.6) is 0 Å². The molecule has 7 nitrogen and oxygen atoms in total. The van der Waals surface area contributed by atoms with Crippen LogP contribution in [0.25, 0.3) is 16.8 Å². The third kappa shape index (κ3) is 5.60. The number of fused-ring (bicyclic) bond motifs is 1. The number of pyridine rings is 1. The molecule has 1 amide bonds. The van der Waals surface area contributed by atoms with Crippen LogP contribution in [-0.4, -0.2) is 73.5 Å². The van der Waals surface area contributed by atoms with Crippen LogP contribution in [0.1, 0.15) is 18.4 Å². The lowest BCUT2D eigenvalue weighted by molar-refractivity contribution is -0.137. The van der Waals surface area contributed by atoms with E-state index in [4.69, 9.17) is 0 Å². The molecule has 36 heavy (non-hydrogen) atoms. The molecule has 2 fully saturated rings. The Bertz CT molecular complexity index is 1330. The number of rotatable bonds is 6. The van der Waals surface area contributed by atoms with Crippen LogP contribution >= 0.6 is 0 Å². The number of amides is 1. The number of piperidine rings is 1. The van der Waals surface area contributed by atoms with Gasteiger partial charge in [-0.15, -0.1) is 0 Å². The average molecular weight is 505 g/mol. The molecule has 1 aromatic heterocycles. The molecule has 0 atom stereocenters. The lowest BCUT2D eigenvalue weighted by atomic mass is 9.94. The largest absolute Gasteiger partial charge is 0.371 e. The molecule has 0 aliphatic carbocycles. The van der Waals surface area contributed by atoms with Crippen LogP contribution in [0.2, 0.25) is 0 Å². The fourth-order valence-electron chi connectivity index (χ4n) is 5.11. The predicted molar refractivity (Wildman–Crippen MR) is 144 cm³/mol. The van der Waals surface area contributed by atoms with Crippen molar-refractivity contribution in [1.29, 1.82) is 0 Å². The third-order valence-corrected chi connectivity index (χ3v) is 8.97. The summed E-state index contributed by atoms with van der Waals surface area (Å²) in [5.41, 5.74) is 2.12. The maximum Gasteiger partial charge on any atom is 0.225 e. The van der Waals surface area contributed by atoms with Gasteiger partial charge >= 0.3 is 0 Å². The van der Waals surface area contributed by atoms with Gasteiger partial charge < -0.3 is 9.80 Å². The van der Waals surface area contributed by atoms with Crippen LogP contribution in [0.4, 0.5) is 5.69 Å². The molecule has 8 heteroatoms. The number of hydrogen-bond donors (Lipinski definition) is 0. The van der Waals surface area contributed by atoms with Crippen molar-refractivity contribution in [3.63, 3.8) is 0 Å². The Balaban J connectivity index is 1.10. The molecule has 5 rings (SSSR count). The van der Waals surface area contributed by atoms with E-state index in [-0.39, 0.29) is 17.6 Å². The fraction of sp³-hybridized carbons (Fsp3) is 0.357. The van der Waals surface area contributed by atoms with Gasteiger partial charge in [-0.2, -0.15) is 4.31 Å². The summed E-state index contributed by atoms with van der Waals surface area (Å²) in [6, 6.07) is 18.2. The summed E-state index contributed by atoms with van der Waals surface area (Å²) in [6.07, 6.45) is 8.80.